The summed E-state index contributed by atoms with van der Waals surface area (Å²) in [7, 11) is 0. The first-order valence-corrected chi connectivity index (χ1v) is 9.62. The number of hydrogen-bond acceptors (Lipinski definition) is 4. The van der Waals surface area contributed by atoms with Crippen LogP contribution in [0.5, 0.6) is 0 Å². The van der Waals surface area contributed by atoms with Gasteiger partial charge < -0.3 is 15.0 Å². The SMILES string of the molecule is CC1CN(CC(=O)Nc2ccc(N3CCCCCC3)cc2)C(C)CO1. The van der Waals surface area contributed by atoms with E-state index >= 15 is 0 Å². The van der Waals surface area contributed by atoms with Gasteiger partial charge in [-0.05, 0) is 51.0 Å². The molecular weight excluding hydrogens is 314 g/mol. The van der Waals surface area contributed by atoms with E-state index in [9.17, 15) is 4.79 Å². The molecule has 0 aliphatic carbocycles. The van der Waals surface area contributed by atoms with Gasteiger partial charge in [0.1, 0.15) is 0 Å². The first-order chi connectivity index (χ1) is 12.1. The van der Waals surface area contributed by atoms with Crippen molar-refractivity contribution < 1.29 is 9.53 Å². The monoisotopic (exact) mass is 345 g/mol. The first-order valence-electron chi connectivity index (χ1n) is 9.62. The van der Waals surface area contributed by atoms with Gasteiger partial charge in [-0.1, -0.05) is 12.8 Å². The molecule has 5 nitrogen and oxygen atoms in total. The second-order valence-corrected chi connectivity index (χ2v) is 7.42. The molecule has 2 unspecified atom stereocenters. The molecule has 0 bridgehead atoms. The average molecular weight is 345 g/mol. The Balaban J connectivity index is 1.53. The minimum Gasteiger partial charge on any atom is -0.376 e. The molecule has 1 aromatic carbocycles. The number of anilines is 2. The van der Waals surface area contributed by atoms with Crippen LogP contribution in [0.3, 0.4) is 0 Å². The molecule has 2 saturated heterocycles. The Morgan fingerprint density at radius 1 is 1.12 bits per heavy atom. The van der Waals surface area contributed by atoms with Gasteiger partial charge in [0.25, 0.3) is 0 Å². The quantitative estimate of drug-likeness (QED) is 0.911. The highest BCUT2D eigenvalue weighted by molar-refractivity contribution is 5.92. The Hall–Kier alpha value is -1.59. The second-order valence-electron chi connectivity index (χ2n) is 7.42. The molecule has 2 aliphatic rings. The highest BCUT2D eigenvalue weighted by Crippen LogP contribution is 2.21. The molecule has 0 saturated carbocycles. The van der Waals surface area contributed by atoms with Crippen LogP contribution in [0.15, 0.2) is 24.3 Å². The van der Waals surface area contributed by atoms with E-state index in [4.69, 9.17) is 4.74 Å². The van der Waals surface area contributed by atoms with Crippen molar-refractivity contribution in [1.29, 1.82) is 0 Å². The zero-order chi connectivity index (χ0) is 17.6. The number of hydrogen-bond donors (Lipinski definition) is 1. The van der Waals surface area contributed by atoms with Gasteiger partial charge in [0.2, 0.25) is 5.91 Å². The molecule has 138 valence electrons. The van der Waals surface area contributed by atoms with E-state index in [1.165, 1.54) is 31.4 Å². The molecule has 2 heterocycles. The van der Waals surface area contributed by atoms with Crippen LogP contribution >= 0.6 is 0 Å². The number of nitrogens with zero attached hydrogens (tertiary/aromatic N) is 2. The highest BCUT2D eigenvalue weighted by Gasteiger charge is 2.25. The van der Waals surface area contributed by atoms with Gasteiger partial charge in [-0.25, -0.2) is 0 Å². The lowest BCUT2D eigenvalue weighted by Gasteiger charge is -2.36. The summed E-state index contributed by atoms with van der Waals surface area (Å²) in [6.07, 6.45) is 5.41. The van der Waals surface area contributed by atoms with Gasteiger partial charge in [0, 0.05) is 37.1 Å². The fourth-order valence-corrected chi connectivity index (χ4v) is 3.66. The van der Waals surface area contributed by atoms with Crippen LogP contribution in [0.25, 0.3) is 0 Å². The molecule has 0 spiro atoms. The van der Waals surface area contributed by atoms with Gasteiger partial charge >= 0.3 is 0 Å². The van der Waals surface area contributed by atoms with Crippen molar-refractivity contribution in [3.8, 4) is 0 Å². The minimum absolute atomic E-state index is 0.0449. The van der Waals surface area contributed by atoms with E-state index in [1.807, 2.05) is 12.1 Å². The van der Waals surface area contributed by atoms with Crippen molar-refractivity contribution in [2.75, 3.05) is 43.0 Å². The molecule has 0 radical (unpaired) electrons. The molecule has 2 fully saturated rings. The number of benzene rings is 1. The van der Waals surface area contributed by atoms with Crippen LogP contribution in [-0.4, -0.2) is 55.7 Å². The van der Waals surface area contributed by atoms with Crippen molar-refractivity contribution in [3.63, 3.8) is 0 Å². The fourth-order valence-electron chi connectivity index (χ4n) is 3.66. The van der Waals surface area contributed by atoms with Crippen molar-refractivity contribution in [3.05, 3.63) is 24.3 Å². The van der Waals surface area contributed by atoms with Gasteiger partial charge in [-0.2, -0.15) is 0 Å². The lowest BCUT2D eigenvalue weighted by molar-refractivity contribution is -0.121. The van der Waals surface area contributed by atoms with Gasteiger partial charge in [-0.15, -0.1) is 0 Å². The Morgan fingerprint density at radius 2 is 1.80 bits per heavy atom. The van der Waals surface area contributed by atoms with Gasteiger partial charge in [-0.3, -0.25) is 9.69 Å². The van der Waals surface area contributed by atoms with Gasteiger partial charge in [0.15, 0.2) is 0 Å². The summed E-state index contributed by atoms with van der Waals surface area (Å²) in [5.74, 6) is 0.0449. The predicted octanol–water partition coefficient (Wildman–Crippen LogP) is 3.11. The maximum atomic E-state index is 12.4. The Bertz CT molecular complexity index is 553. The molecule has 1 N–H and O–H groups in total. The maximum absolute atomic E-state index is 12.4. The van der Waals surface area contributed by atoms with Crippen LogP contribution in [0, 0.1) is 0 Å². The maximum Gasteiger partial charge on any atom is 0.238 e. The predicted molar refractivity (Wildman–Crippen MR) is 102 cm³/mol. The summed E-state index contributed by atoms with van der Waals surface area (Å²) >= 11 is 0. The normalized spacial score (nSPS) is 25.4. The number of ether oxygens (including phenoxy) is 1. The van der Waals surface area contributed by atoms with Crippen LogP contribution < -0.4 is 10.2 Å². The Labute approximate surface area is 151 Å². The largest absolute Gasteiger partial charge is 0.376 e. The topological polar surface area (TPSA) is 44.8 Å². The molecule has 1 amide bonds. The molecule has 3 rings (SSSR count). The van der Waals surface area contributed by atoms with E-state index in [0.29, 0.717) is 13.2 Å². The third kappa shape index (κ3) is 5.19. The number of amides is 1. The van der Waals surface area contributed by atoms with E-state index in [-0.39, 0.29) is 18.1 Å². The molecule has 2 aliphatic heterocycles. The molecule has 1 aromatic rings. The molecule has 0 aromatic heterocycles. The third-order valence-electron chi connectivity index (χ3n) is 5.21. The lowest BCUT2D eigenvalue weighted by atomic mass is 10.2. The summed E-state index contributed by atoms with van der Waals surface area (Å²) in [4.78, 5) is 17.0. The summed E-state index contributed by atoms with van der Waals surface area (Å²) in [5.41, 5.74) is 2.13. The van der Waals surface area contributed by atoms with Crippen molar-refractivity contribution in [2.45, 2.75) is 51.7 Å². The van der Waals surface area contributed by atoms with Crippen molar-refractivity contribution >= 4 is 17.3 Å². The Kier molecular flexibility index (Phi) is 6.32. The smallest absolute Gasteiger partial charge is 0.238 e. The second kappa shape index (κ2) is 8.68. The number of carbonyl (C=O) groups is 1. The Morgan fingerprint density at radius 3 is 2.48 bits per heavy atom. The van der Waals surface area contributed by atoms with E-state index in [2.05, 4.69) is 41.1 Å². The van der Waals surface area contributed by atoms with Crippen LogP contribution in [0.2, 0.25) is 0 Å². The summed E-state index contributed by atoms with van der Waals surface area (Å²) in [6, 6.07) is 8.57. The minimum atomic E-state index is 0.0449. The summed E-state index contributed by atoms with van der Waals surface area (Å²) in [5, 5.41) is 3.03. The standard InChI is InChI=1S/C20H31N3O2/c1-16-15-25-17(2)13-23(16)14-20(24)21-18-7-9-19(10-8-18)22-11-5-3-4-6-12-22/h7-10,16-17H,3-6,11-15H2,1-2H3,(H,21,24). The van der Waals surface area contributed by atoms with Crippen LogP contribution in [0.4, 0.5) is 11.4 Å². The first kappa shape index (κ1) is 18.2. The summed E-state index contributed by atoms with van der Waals surface area (Å²) < 4.78 is 5.62. The highest BCUT2D eigenvalue weighted by atomic mass is 16.5. The summed E-state index contributed by atoms with van der Waals surface area (Å²) in [6.45, 7) is 8.36. The average Bonchev–Trinajstić information content (AvgIpc) is 2.88. The number of nitrogens with one attached hydrogen (secondary N) is 1. The van der Waals surface area contributed by atoms with E-state index < -0.39 is 0 Å². The number of rotatable bonds is 4. The van der Waals surface area contributed by atoms with Crippen LogP contribution in [0.1, 0.15) is 39.5 Å². The number of carbonyl (C=O) groups excluding carboxylic acids is 1. The van der Waals surface area contributed by atoms with Crippen molar-refractivity contribution in [2.24, 2.45) is 0 Å². The lowest BCUT2D eigenvalue weighted by Crippen LogP contribution is -2.50. The van der Waals surface area contributed by atoms with Crippen LogP contribution in [-0.2, 0) is 9.53 Å². The number of morpholine rings is 1. The van der Waals surface area contributed by atoms with E-state index in [0.717, 1.165) is 25.3 Å². The van der Waals surface area contributed by atoms with Gasteiger partial charge in [0.05, 0.1) is 19.3 Å². The molecule has 5 heteroatoms. The zero-order valence-electron chi connectivity index (χ0n) is 15.5. The molecule has 2 atom stereocenters. The van der Waals surface area contributed by atoms with E-state index in [1.54, 1.807) is 0 Å². The molecular formula is C20H31N3O2. The molecule has 25 heavy (non-hydrogen) atoms. The zero-order valence-corrected chi connectivity index (χ0v) is 15.5. The fraction of sp³-hybridized carbons (Fsp3) is 0.650. The van der Waals surface area contributed by atoms with Crippen molar-refractivity contribution in [1.82, 2.24) is 4.90 Å². The third-order valence-corrected chi connectivity index (χ3v) is 5.21.